The van der Waals surface area contributed by atoms with E-state index in [4.69, 9.17) is 0 Å². The number of halogens is 3. The zero-order valence-electron chi connectivity index (χ0n) is 27.5. The highest BCUT2D eigenvalue weighted by molar-refractivity contribution is 7.84. The Morgan fingerprint density at radius 3 is 2.09 bits per heavy atom. The molecule has 1 aliphatic heterocycles. The van der Waals surface area contributed by atoms with Crippen molar-refractivity contribution < 1.29 is 17.4 Å². The van der Waals surface area contributed by atoms with Crippen LogP contribution in [-0.4, -0.2) is 35.2 Å². The standard InChI is InChI=1S/C20H30N3P.C8H7F3OS.2C2H6.C2H4/c1-6-7-12-21-20(23-17(4)19(24-5)14-22-23)13-16(3)18-11-9-8-10-15(18)2;1-13(12)7-5-3-2-4-6(7)8(9,10)11;3*1-2/h8-11,13,21-22,24H,3,6-7,12,14H2,1-2,4-5H3;2-5H,1H3;2*1-2H3;1-2H2/b20-13-;;;;. The fraction of sp³-hybridized carbons (Fsp3) is 0.412. The van der Waals surface area contributed by atoms with Gasteiger partial charge in [0.2, 0.25) is 0 Å². The molecule has 0 fully saturated rings. The predicted molar refractivity (Wildman–Crippen MR) is 186 cm³/mol. The second-order valence-corrected chi connectivity index (χ2v) is 11.0. The van der Waals surface area contributed by atoms with E-state index in [2.05, 4.69) is 93.3 Å². The zero-order valence-corrected chi connectivity index (χ0v) is 29.4. The molecule has 0 spiro atoms. The molecule has 0 saturated carbocycles. The number of hydrogen-bond acceptors (Lipinski definition) is 4. The smallest absolute Gasteiger partial charge is 0.370 e. The van der Waals surface area contributed by atoms with Crippen molar-refractivity contribution in [1.29, 1.82) is 0 Å². The van der Waals surface area contributed by atoms with E-state index < -0.39 is 22.5 Å². The third-order valence-corrected chi connectivity index (χ3v) is 7.99. The van der Waals surface area contributed by atoms with Crippen LogP contribution in [0.5, 0.6) is 0 Å². The highest BCUT2D eigenvalue weighted by atomic mass is 32.2. The molecule has 9 heteroatoms. The van der Waals surface area contributed by atoms with Gasteiger partial charge in [0.25, 0.3) is 0 Å². The first-order valence-corrected chi connectivity index (χ1v) is 17.7. The third kappa shape index (κ3) is 14.6. The molecule has 2 N–H and O–H groups in total. The molecule has 3 rings (SSSR count). The fourth-order valence-corrected chi connectivity index (χ4v) is 5.28. The highest BCUT2D eigenvalue weighted by Gasteiger charge is 2.33. The summed E-state index contributed by atoms with van der Waals surface area (Å²) in [5, 5.41) is 7.26. The molecule has 2 aromatic rings. The Morgan fingerprint density at radius 1 is 1.07 bits per heavy atom. The Kier molecular flexibility index (Phi) is 23.4. The lowest BCUT2D eigenvalue weighted by Crippen LogP contribution is -2.37. The van der Waals surface area contributed by atoms with Crippen molar-refractivity contribution >= 4 is 25.0 Å². The van der Waals surface area contributed by atoms with E-state index in [9.17, 15) is 17.4 Å². The van der Waals surface area contributed by atoms with Crippen molar-refractivity contribution in [3.05, 3.63) is 108 Å². The number of allylic oxidation sites excluding steroid dienone is 3. The number of benzene rings is 2. The van der Waals surface area contributed by atoms with Crippen LogP contribution in [0.3, 0.4) is 0 Å². The van der Waals surface area contributed by atoms with Gasteiger partial charge in [-0.2, -0.15) is 13.2 Å². The number of aryl methyl sites for hydroxylation is 1. The van der Waals surface area contributed by atoms with Crippen LogP contribution in [0.15, 0.2) is 96.1 Å². The second kappa shape index (κ2) is 23.7. The predicted octanol–water partition coefficient (Wildman–Crippen LogP) is 9.90. The maximum Gasteiger partial charge on any atom is 0.417 e. The van der Waals surface area contributed by atoms with Crippen LogP contribution in [0.2, 0.25) is 0 Å². The number of nitrogens with zero attached hydrogens (tertiary/aromatic N) is 1. The summed E-state index contributed by atoms with van der Waals surface area (Å²) < 4.78 is 47.7. The first kappa shape index (κ1) is 42.5. The van der Waals surface area contributed by atoms with Gasteiger partial charge < -0.3 is 5.32 Å². The number of alkyl halides is 3. The fourth-order valence-electron chi connectivity index (χ4n) is 3.79. The lowest BCUT2D eigenvalue weighted by atomic mass is 10.0. The molecule has 2 aromatic carbocycles. The molecule has 2 unspecified atom stereocenters. The number of rotatable bonds is 9. The molecule has 0 radical (unpaired) electrons. The Balaban J connectivity index is 0. The Hall–Kier alpha value is -2.67. The van der Waals surface area contributed by atoms with E-state index in [1.807, 2.05) is 27.7 Å². The summed E-state index contributed by atoms with van der Waals surface area (Å²) in [6, 6.07) is 13.3. The summed E-state index contributed by atoms with van der Waals surface area (Å²) in [5.74, 6) is 1.09. The summed E-state index contributed by atoms with van der Waals surface area (Å²) in [6.07, 6.45) is 1.30. The van der Waals surface area contributed by atoms with Crippen molar-refractivity contribution in [3.63, 3.8) is 0 Å². The molecule has 1 aliphatic rings. The van der Waals surface area contributed by atoms with E-state index in [1.165, 1.54) is 53.0 Å². The van der Waals surface area contributed by atoms with E-state index in [-0.39, 0.29) is 4.90 Å². The number of unbranched alkanes of at least 4 members (excludes halogenated alkanes) is 1. The molecule has 0 aromatic heterocycles. The molecule has 242 valence electrons. The lowest BCUT2D eigenvalue weighted by Gasteiger charge is -2.25. The maximum atomic E-state index is 12.3. The highest BCUT2D eigenvalue weighted by Crippen LogP contribution is 2.33. The van der Waals surface area contributed by atoms with Crippen molar-refractivity contribution in [2.24, 2.45) is 0 Å². The van der Waals surface area contributed by atoms with E-state index in [0.29, 0.717) is 0 Å². The van der Waals surface area contributed by atoms with Crippen LogP contribution in [0.4, 0.5) is 13.2 Å². The molecular formula is C34H53F3N3OPS. The van der Waals surface area contributed by atoms with Crippen LogP contribution in [0, 0.1) is 6.92 Å². The molecule has 2 atom stereocenters. The van der Waals surface area contributed by atoms with Gasteiger partial charge >= 0.3 is 6.18 Å². The SMILES string of the molecule is C=C.C=C(/C=C(/NCCCC)N1NCC(PC)=C1C)c1ccccc1C.CC.CC.CS(=O)c1ccccc1C(F)(F)F. The first-order valence-electron chi connectivity index (χ1n) is 14.6. The van der Waals surface area contributed by atoms with Crippen molar-refractivity contribution in [1.82, 2.24) is 15.8 Å². The second-order valence-electron chi connectivity index (χ2n) is 8.58. The molecule has 0 amide bonds. The van der Waals surface area contributed by atoms with Crippen LogP contribution in [0.25, 0.3) is 5.57 Å². The monoisotopic (exact) mass is 639 g/mol. The third-order valence-electron chi connectivity index (χ3n) is 5.87. The van der Waals surface area contributed by atoms with Gasteiger partial charge in [0.1, 0.15) is 5.82 Å². The van der Waals surface area contributed by atoms with Gasteiger partial charge in [0, 0.05) is 25.0 Å². The average molecular weight is 640 g/mol. The number of nitrogens with one attached hydrogen (secondary N) is 2. The lowest BCUT2D eigenvalue weighted by molar-refractivity contribution is -0.139. The van der Waals surface area contributed by atoms with Crippen molar-refractivity contribution in [2.75, 3.05) is 26.0 Å². The summed E-state index contributed by atoms with van der Waals surface area (Å²) in [7, 11) is -0.769. The summed E-state index contributed by atoms with van der Waals surface area (Å²) in [4.78, 5) is -0.171. The molecule has 0 aliphatic carbocycles. The maximum absolute atomic E-state index is 12.3. The van der Waals surface area contributed by atoms with Crippen LogP contribution in [-0.2, 0) is 17.0 Å². The molecular weight excluding hydrogens is 586 g/mol. The largest absolute Gasteiger partial charge is 0.417 e. The Bertz CT molecular complexity index is 1180. The van der Waals surface area contributed by atoms with E-state index >= 15 is 0 Å². The topological polar surface area (TPSA) is 44.4 Å². The minimum Gasteiger partial charge on any atom is -0.370 e. The van der Waals surface area contributed by atoms with Gasteiger partial charge in [0.05, 0.1) is 21.3 Å². The van der Waals surface area contributed by atoms with Gasteiger partial charge in [-0.15, -0.1) is 13.2 Å². The van der Waals surface area contributed by atoms with Gasteiger partial charge in [-0.1, -0.05) is 92.6 Å². The number of hydrazine groups is 1. The van der Waals surface area contributed by atoms with Gasteiger partial charge in [-0.3, -0.25) is 9.22 Å². The minimum atomic E-state index is -4.43. The van der Waals surface area contributed by atoms with Crippen LogP contribution in [0.1, 0.15) is 71.1 Å². The molecule has 4 nitrogen and oxygen atoms in total. The normalized spacial score (nSPS) is 13.4. The molecule has 1 heterocycles. The van der Waals surface area contributed by atoms with Gasteiger partial charge in [-0.25, -0.2) is 5.43 Å². The molecule has 0 bridgehead atoms. The minimum absolute atomic E-state index is 0.171. The van der Waals surface area contributed by atoms with Gasteiger partial charge in [-0.05, 0) is 67.2 Å². The average Bonchev–Trinajstić information content (AvgIpc) is 3.39. The summed E-state index contributed by atoms with van der Waals surface area (Å²) in [5.41, 5.74) is 7.48. The number of hydrogen-bond donors (Lipinski definition) is 2. The zero-order chi connectivity index (χ0) is 33.6. The Labute approximate surface area is 263 Å². The first-order chi connectivity index (χ1) is 20.5. The van der Waals surface area contributed by atoms with E-state index in [0.717, 1.165) is 45.6 Å². The van der Waals surface area contributed by atoms with Gasteiger partial charge in [0.15, 0.2) is 0 Å². The Morgan fingerprint density at radius 2 is 1.63 bits per heavy atom. The van der Waals surface area contributed by atoms with Crippen LogP contribution >= 0.6 is 8.58 Å². The summed E-state index contributed by atoms with van der Waals surface area (Å²) in [6.45, 7) is 29.0. The van der Waals surface area contributed by atoms with Crippen LogP contribution < -0.4 is 10.7 Å². The summed E-state index contributed by atoms with van der Waals surface area (Å²) >= 11 is 0. The molecule has 0 saturated heterocycles. The van der Waals surface area contributed by atoms with Crippen molar-refractivity contribution in [3.8, 4) is 0 Å². The quantitative estimate of drug-likeness (QED) is 0.124. The van der Waals surface area contributed by atoms with E-state index in [1.54, 1.807) is 0 Å². The molecule has 43 heavy (non-hydrogen) atoms. The van der Waals surface area contributed by atoms with Crippen molar-refractivity contribution in [2.45, 2.75) is 72.4 Å².